The molecular weight excluding hydrogens is 186 g/mol. The molecule has 1 atom stereocenters. The lowest BCUT2D eigenvalue weighted by atomic mass is 10.2. The number of nitrogens with one attached hydrogen (secondary N) is 1. The van der Waals surface area contributed by atoms with E-state index in [0.29, 0.717) is 26.2 Å². The fraction of sp³-hybridized carbons (Fsp3) is 0.714. The van der Waals surface area contributed by atoms with Crippen molar-refractivity contribution in [2.24, 2.45) is 10.9 Å². The minimum Gasteiger partial charge on any atom is -0.408 e. The first kappa shape index (κ1) is 8.92. The summed E-state index contributed by atoms with van der Waals surface area (Å²) in [5.74, 6) is 0.115. The van der Waals surface area contributed by atoms with Crippen LogP contribution in [0.5, 0.6) is 0 Å². The molecular formula is C7H13N5O2. The highest BCUT2D eigenvalue weighted by atomic mass is 16.4. The number of oxime groups is 1. The Balaban J connectivity index is 2.02. The van der Waals surface area contributed by atoms with E-state index in [-0.39, 0.29) is 18.0 Å². The van der Waals surface area contributed by atoms with Crippen LogP contribution in [0, 0.1) is 0 Å². The van der Waals surface area contributed by atoms with Gasteiger partial charge in [-0.05, 0) is 0 Å². The molecule has 7 heteroatoms. The topological polar surface area (TPSA) is 94.2 Å². The Morgan fingerprint density at radius 2 is 2.43 bits per heavy atom. The molecule has 0 aliphatic carbocycles. The lowest BCUT2D eigenvalue weighted by molar-refractivity contribution is 0.156. The number of hydrogen-bond acceptors (Lipinski definition) is 3. The zero-order valence-electron chi connectivity index (χ0n) is 7.68. The van der Waals surface area contributed by atoms with Crippen LogP contribution in [0.1, 0.15) is 0 Å². The van der Waals surface area contributed by atoms with Crippen molar-refractivity contribution in [3.63, 3.8) is 0 Å². The van der Waals surface area contributed by atoms with Gasteiger partial charge in [-0.3, -0.25) is 0 Å². The molecule has 0 spiro atoms. The maximum atomic E-state index is 11.2. The summed E-state index contributed by atoms with van der Waals surface area (Å²) in [5.41, 5.74) is 5.47. The SMILES string of the molecule is N/C(=N\O)N1CCN2C(=O)NCC2C1. The van der Waals surface area contributed by atoms with Crippen molar-refractivity contribution in [2.45, 2.75) is 6.04 Å². The van der Waals surface area contributed by atoms with Crippen LogP contribution in [0.2, 0.25) is 0 Å². The van der Waals surface area contributed by atoms with Crippen molar-refractivity contribution in [3.8, 4) is 0 Å². The molecule has 78 valence electrons. The van der Waals surface area contributed by atoms with Crippen molar-refractivity contribution >= 4 is 12.0 Å². The standard InChI is InChI=1S/C7H13N5O2/c8-6(10-14)11-1-2-12-5(4-11)3-9-7(12)13/h5,14H,1-4H2,(H2,8,10)(H,9,13). The van der Waals surface area contributed by atoms with Crippen molar-refractivity contribution < 1.29 is 10.0 Å². The number of urea groups is 1. The first-order chi connectivity index (χ1) is 6.72. The minimum atomic E-state index is -0.0193. The number of rotatable bonds is 0. The summed E-state index contributed by atoms with van der Waals surface area (Å²) >= 11 is 0. The van der Waals surface area contributed by atoms with Gasteiger partial charge in [0.1, 0.15) is 0 Å². The van der Waals surface area contributed by atoms with Crippen LogP contribution in [0.4, 0.5) is 4.79 Å². The van der Waals surface area contributed by atoms with E-state index in [9.17, 15) is 4.79 Å². The number of nitrogens with zero attached hydrogens (tertiary/aromatic N) is 3. The molecule has 2 rings (SSSR count). The Hall–Kier alpha value is -1.66. The van der Waals surface area contributed by atoms with E-state index in [0.717, 1.165) is 0 Å². The van der Waals surface area contributed by atoms with Crippen molar-refractivity contribution in [3.05, 3.63) is 0 Å². The van der Waals surface area contributed by atoms with Crippen molar-refractivity contribution in [1.82, 2.24) is 15.1 Å². The molecule has 2 fully saturated rings. The normalized spacial score (nSPS) is 27.6. The molecule has 0 saturated carbocycles. The van der Waals surface area contributed by atoms with Gasteiger partial charge in [-0.2, -0.15) is 0 Å². The minimum absolute atomic E-state index is 0.0193. The van der Waals surface area contributed by atoms with E-state index in [4.69, 9.17) is 10.9 Å². The number of carbonyl (C=O) groups is 1. The monoisotopic (exact) mass is 199 g/mol. The average molecular weight is 199 g/mol. The predicted octanol–water partition coefficient (Wildman–Crippen LogP) is -1.60. The van der Waals surface area contributed by atoms with Gasteiger partial charge in [-0.15, -0.1) is 0 Å². The summed E-state index contributed by atoms with van der Waals surface area (Å²) in [6.45, 7) is 2.48. The predicted molar refractivity (Wildman–Crippen MR) is 48.9 cm³/mol. The number of carbonyl (C=O) groups excluding carboxylic acids is 1. The highest BCUT2D eigenvalue weighted by Gasteiger charge is 2.35. The maximum absolute atomic E-state index is 11.2. The van der Waals surface area contributed by atoms with E-state index in [1.165, 1.54) is 0 Å². The Labute approximate surface area is 81.1 Å². The Morgan fingerprint density at radius 1 is 1.64 bits per heavy atom. The molecule has 2 saturated heterocycles. The fourth-order valence-corrected chi connectivity index (χ4v) is 1.88. The summed E-state index contributed by atoms with van der Waals surface area (Å²) in [6, 6.07) is 0.116. The van der Waals surface area contributed by atoms with Gasteiger partial charge in [-0.1, -0.05) is 5.16 Å². The molecule has 2 aliphatic heterocycles. The second kappa shape index (κ2) is 3.24. The average Bonchev–Trinajstić information content (AvgIpc) is 2.59. The van der Waals surface area contributed by atoms with E-state index in [1.807, 2.05) is 0 Å². The number of nitrogens with two attached hydrogens (primary N) is 1. The van der Waals surface area contributed by atoms with E-state index >= 15 is 0 Å². The molecule has 2 heterocycles. The van der Waals surface area contributed by atoms with E-state index < -0.39 is 0 Å². The quantitative estimate of drug-likeness (QED) is 0.189. The third kappa shape index (κ3) is 1.30. The molecule has 0 aromatic heterocycles. The summed E-state index contributed by atoms with van der Waals surface area (Å²) in [5, 5.41) is 14.2. The Morgan fingerprint density at radius 3 is 3.14 bits per heavy atom. The molecule has 7 nitrogen and oxygen atoms in total. The second-order valence-electron chi connectivity index (χ2n) is 3.44. The molecule has 2 aliphatic rings. The lowest BCUT2D eigenvalue weighted by Gasteiger charge is -2.36. The molecule has 0 bridgehead atoms. The van der Waals surface area contributed by atoms with Crippen molar-refractivity contribution in [2.75, 3.05) is 26.2 Å². The number of piperazine rings is 1. The third-order valence-corrected chi connectivity index (χ3v) is 2.66. The van der Waals surface area contributed by atoms with Gasteiger partial charge >= 0.3 is 6.03 Å². The lowest BCUT2D eigenvalue weighted by Crippen LogP contribution is -2.55. The molecule has 0 aromatic carbocycles. The van der Waals surface area contributed by atoms with Crippen LogP contribution in [-0.2, 0) is 0 Å². The molecule has 1 unspecified atom stereocenters. The fourth-order valence-electron chi connectivity index (χ4n) is 1.88. The number of fused-ring (bicyclic) bond motifs is 1. The molecule has 4 N–H and O–H groups in total. The van der Waals surface area contributed by atoms with Crippen LogP contribution >= 0.6 is 0 Å². The zero-order valence-corrected chi connectivity index (χ0v) is 7.68. The summed E-state index contributed by atoms with van der Waals surface area (Å²) in [7, 11) is 0. The van der Waals surface area contributed by atoms with Gasteiger partial charge in [0.05, 0.1) is 6.04 Å². The van der Waals surface area contributed by atoms with Crippen LogP contribution < -0.4 is 11.1 Å². The molecule has 14 heavy (non-hydrogen) atoms. The molecule has 0 aromatic rings. The van der Waals surface area contributed by atoms with Gasteiger partial charge in [0.15, 0.2) is 0 Å². The third-order valence-electron chi connectivity index (χ3n) is 2.66. The van der Waals surface area contributed by atoms with Crippen LogP contribution in [-0.4, -0.2) is 59.2 Å². The Bertz CT molecular complexity index is 279. The number of amides is 2. The molecule has 2 amide bonds. The van der Waals surface area contributed by atoms with Gasteiger partial charge in [0, 0.05) is 26.2 Å². The smallest absolute Gasteiger partial charge is 0.317 e. The van der Waals surface area contributed by atoms with E-state index in [2.05, 4.69) is 10.5 Å². The number of hydrogen-bond donors (Lipinski definition) is 3. The summed E-state index contributed by atoms with van der Waals surface area (Å²) < 4.78 is 0. The number of guanidine groups is 1. The highest BCUT2D eigenvalue weighted by molar-refractivity contribution is 5.80. The van der Waals surface area contributed by atoms with Gasteiger partial charge in [0.25, 0.3) is 0 Å². The van der Waals surface area contributed by atoms with Crippen LogP contribution in [0.25, 0.3) is 0 Å². The van der Waals surface area contributed by atoms with Crippen molar-refractivity contribution in [1.29, 1.82) is 0 Å². The van der Waals surface area contributed by atoms with Crippen LogP contribution in [0.15, 0.2) is 5.16 Å². The van der Waals surface area contributed by atoms with Gasteiger partial charge in [-0.25, -0.2) is 4.79 Å². The first-order valence-electron chi connectivity index (χ1n) is 4.49. The first-order valence-corrected chi connectivity index (χ1v) is 4.49. The maximum Gasteiger partial charge on any atom is 0.317 e. The second-order valence-corrected chi connectivity index (χ2v) is 3.44. The van der Waals surface area contributed by atoms with Crippen LogP contribution in [0.3, 0.4) is 0 Å². The largest absolute Gasteiger partial charge is 0.408 e. The highest BCUT2D eigenvalue weighted by Crippen LogP contribution is 2.13. The summed E-state index contributed by atoms with van der Waals surface area (Å²) in [4.78, 5) is 14.8. The van der Waals surface area contributed by atoms with E-state index in [1.54, 1.807) is 9.80 Å². The van der Waals surface area contributed by atoms with Gasteiger partial charge < -0.3 is 26.1 Å². The van der Waals surface area contributed by atoms with Gasteiger partial charge in [0.2, 0.25) is 5.96 Å². The zero-order chi connectivity index (χ0) is 10.1. The molecule has 0 radical (unpaired) electrons. The Kier molecular flexibility index (Phi) is 2.06. The summed E-state index contributed by atoms with van der Waals surface area (Å²) in [6.07, 6.45) is 0.